The van der Waals surface area contributed by atoms with Crippen LogP contribution in [-0.4, -0.2) is 15.3 Å². The quantitative estimate of drug-likeness (QED) is 0.745. The minimum Gasteiger partial charge on any atom is -0.347 e. The third-order valence-corrected chi connectivity index (χ3v) is 3.74. The van der Waals surface area contributed by atoms with Gasteiger partial charge in [-0.2, -0.15) is 0 Å². The first-order valence-electron chi connectivity index (χ1n) is 7.27. The summed E-state index contributed by atoms with van der Waals surface area (Å²) in [5, 5.41) is 3.51. The molecule has 1 aromatic carbocycles. The number of carbonyl (C=O) groups is 1. The Morgan fingerprint density at radius 1 is 1.26 bits per heavy atom. The van der Waals surface area contributed by atoms with Crippen molar-refractivity contribution in [1.82, 2.24) is 14.7 Å². The van der Waals surface area contributed by atoms with Crippen molar-refractivity contribution in [3.05, 3.63) is 76.7 Å². The summed E-state index contributed by atoms with van der Waals surface area (Å²) in [6.45, 7) is 2.41. The molecule has 4 nitrogen and oxygen atoms in total. The molecule has 2 aromatic heterocycles. The van der Waals surface area contributed by atoms with Gasteiger partial charge in [-0.15, -0.1) is 0 Å². The number of nitrogens with zero attached hydrogens (tertiary/aromatic N) is 2. The van der Waals surface area contributed by atoms with E-state index >= 15 is 0 Å². The van der Waals surface area contributed by atoms with E-state index < -0.39 is 0 Å². The van der Waals surface area contributed by atoms with Crippen LogP contribution < -0.4 is 5.32 Å². The number of hydrogen-bond acceptors (Lipinski definition) is 2. The highest BCUT2D eigenvalue weighted by Gasteiger charge is 2.04. The lowest BCUT2D eigenvalue weighted by atomic mass is 10.2. The standard InChI is InChI=1S/C18H16ClN3O/c1-13-3-2-4-17-21-16(12-22(13)17)11-20-18(23)10-7-14-5-8-15(19)9-6-14/h2-10,12H,11H2,1H3,(H,20,23)/b10-7+. The maximum atomic E-state index is 11.9. The highest BCUT2D eigenvalue weighted by molar-refractivity contribution is 6.30. The van der Waals surface area contributed by atoms with Gasteiger partial charge in [-0.1, -0.05) is 29.8 Å². The van der Waals surface area contributed by atoms with Crippen molar-refractivity contribution in [2.75, 3.05) is 0 Å². The Morgan fingerprint density at radius 3 is 2.78 bits per heavy atom. The molecule has 0 aliphatic rings. The summed E-state index contributed by atoms with van der Waals surface area (Å²) in [4.78, 5) is 16.4. The zero-order valence-electron chi connectivity index (χ0n) is 12.7. The zero-order valence-corrected chi connectivity index (χ0v) is 13.4. The topological polar surface area (TPSA) is 46.4 Å². The Hall–Kier alpha value is -2.59. The number of hydrogen-bond donors (Lipinski definition) is 1. The van der Waals surface area contributed by atoms with Crippen LogP contribution in [0.25, 0.3) is 11.7 Å². The van der Waals surface area contributed by atoms with E-state index in [2.05, 4.69) is 10.3 Å². The van der Waals surface area contributed by atoms with Gasteiger partial charge < -0.3 is 9.72 Å². The zero-order chi connectivity index (χ0) is 16.2. The van der Waals surface area contributed by atoms with Crippen molar-refractivity contribution in [3.63, 3.8) is 0 Å². The summed E-state index contributed by atoms with van der Waals surface area (Å²) < 4.78 is 2.00. The molecule has 0 fully saturated rings. The van der Waals surface area contributed by atoms with E-state index in [0.717, 1.165) is 22.6 Å². The third kappa shape index (κ3) is 3.79. The van der Waals surface area contributed by atoms with E-state index in [-0.39, 0.29) is 5.91 Å². The molecule has 0 unspecified atom stereocenters. The van der Waals surface area contributed by atoms with Crippen molar-refractivity contribution >= 4 is 29.2 Å². The largest absolute Gasteiger partial charge is 0.347 e. The molecular weight excluding hydrogens is 310 g/mol. The molecule has 0 saturated carbocycles. The predicted octanol–water partition coefficient (Wildman–Crippen LogP) is 3.63. The summed E-state index contributed by atoms with van der Waals surface area (Å²) in [5.41, 5.74) is 3.74. The summed E-state index contributed by atoms with van der Waals surface area (Å²) in [7, 11) is 0. The maximum Gasteiger partial charge on any atom is 0.244 e. The number of rotatable bonds is 4. The number of nitrogens with one attached hydrogen (secondary N) is 1. The van der Waals surface area contributed by atoms with Gasteiger partial charge in [0.25, 0.3) is 0 Å². The molecule has 5 heteroatoms. The van der Waals surface area contributed by atoms with Gasteiger partial charge in [0.15, 0.2) is 0 Å². The van der Waals surface area contributed by atoms with Crippen LogP contribution in [0.4, 0.5) is 0 Å². The number of benzene rings is 1. The van der Waals surface area contributed by atoms with E-state index in [9.17, 15) is 4.79 Å². The third-order valence-electron chi connectivity index (χ3n) is 3.49. The second-order valence-corrected chi connectivity index (χ2v) is 5.67. The number of aromatic nitrogens is 2. The molecule has 0 saturated heterocycles. The lowest BCUT2D eigenvalue weighted by molar-refractivity contribution is -0.116. The lowest BCUT2D eigenvalue weighted by Gasteiger charge is -1.98. The number of imidazole rings is 1. The average molecular weight is 326 g/mol. The van der Waals surface area contributed by atoms with Crippen LogP contribution in [0.2, 0.25) is 5.02 Å². The summed E-state index contributed by atoms with van der Waals surface area (Å²) in [6, 6.07) is 13.2. The van der Waals surface area contributed by atoms with Crippen LogP contribution in [0.5, 0.6) is 0 Å². The van der Waals surface area contributed by atoms with Gasteiger partial charge in [0, 0.05) is 23.0 Å². The monoisotopic (exact) mass is 325 g/mol. The van der Waals surface area contributed by atoms with Gasteiger partial charge in [-0.25, -0.2) is 4.98 Å². The van der Waals surface area contributed by atoms with Crippen molar-refractivity contribution in [1.29, 1.82) is 0 Å². The predicted molar refractivity (Wildman–Crippen MR) is 92.3 cm³/mol. The molecule has 116 valence electrons. The summed E-state index contributed by atoms with van der Waals surface area (Å²) >= 11 is 5.82. The lowest BCUT2D eigenvalue weighted by Crippen LogP contribution is -2.20. The van der Waals surface area contributed by atoms with Crippen molar-refractivity contribution in [2.24, 2.45) is 0 Å². The van der Waals surface area contributed by atoms with Crippen molar-refractivity contribution in [3.8, 4) is 0 Å². The fourth-order valence-electron chi connectivity index (χ4n) is 2.27. The average Bonchev–Trinajstić information content (AvgIpc) is 2.97. The molecule has 0 aliphatic heterocycles. The Labute approximate surface area is 139 Å². The van der Waals surface area contributed by atoms with E-state index in [0.29, 0.717) is 11.6 Å². The Kier molecular flexibility index (Phi) is 4.44. The highest BCUT2D eigenvalue weighted by Crippen LogP contribution is 2.11. The molecule has 1 amide bonds. The van der Waals surface area contributed by atoms with Crippen LogP contribution >= 0.6 is 11.6 Å². The number of pyridine rings is 1. The first-order chi connectivity index (χ1) is 11.1. The number of fused-ring (bicyclic) bond motifs is 1. The number of amides is 1. The highest BCUT2D eigenvalue weighted by atomic mass is 35.5. The van der Waals surface area contributed by atoms with Crippen molar-refractivity contribution in [2.45, 2.75) is 13.5 Å². The molecular formula is C18H16ClN3O. The number of carbonyl (C=O) groups excluding carboxylic acids is 1. The molecule has 0 spiro atoms. The van der Waals surface area contributed by atoms with E-state index in [4.69, 9.17) is 11.6 Å². The molecule has 0 aliphatic carbocycles. The first kappa shape index (κ1) is 15.3. The Bertz CT molecular complexity index is 866. The second kappa shape index (κ2) is 6.67. The van der Waals surface area contributed by atoms with Crippen LogP contribution in [0.1, 0.15) is 17.0 Å². The molecule has 0 atom stereocenters. The molecule has 2 heterocycles. The summed E-state index contributed by atoms with van der Waals surface area (Å²) in [6.07, 6.45) is 5.19. The maximum absolute atomic E-state index is 11.9. The SMILES string of the molecule is Cc1cccc2nc(CNC(=O)/C=C/c3ccc(Cl)cc3)cn12. The smallest absolute Gasteiger partial charge is 0.244 e. The van der Waals surface area contributed by atoms with E-state index in [1.54, 1.807) is 18.2 Å². The Balaban J connectivity index is 1.61. The van der Waals surface area contributed by atoms with E-state index in [1.165, 1.54) is 6.08 Å². The van der Waals surface area contributed by atoms with Crippen LogP contribution in [-0.2, 0) is 11.3 Å². The van der Waals surface area contributed by atoms with Gasteiger partial charge >= 0.3 is 0 Å². The molecule has 0 bridgehead atoms. The molecule has 23 heavy (non-hydrogen) atoms. The van der Waals surface area contributed by atoms with Crippen molar-refractivity contribution < 1.29 is 4.79 Å². The summed E-state index contributed by atoms with van der Waals surface area (Å²) in [5.74, 6) is -0.159. The molecule has 3 aromatic rings. The fraction of sp³-hybridized carbons (Fsp3) is 0.111. The minimum atomic E-state index is -0.159. The fourth-order valence-corrected chi connectivity index (χ4v) is 2.39. The van der Waals surface area contributed by atoms with Crippen LogP contribution in [0, 0.1) is 6.92 Å². The van der Waals surface area contributed by atoms with Gasteiger partial charge in [0.2, 0.25) is 5.91 Å². The van der Waals surface area contributed by atoms with Gasteiger partial charge in [-0.3, -0.25) is 4.79 Å². The van der Waals surface area contributed by atoms with E-state index in [1.807, 2.05) is 47.9 Å². The molecule has 3 rings (SSSR count). The first-order valence-corrected chi connectivity index (χ1v) is 7.65. The second-order valence-electron chi connectivity index (χ2n) is 5.23. The molecule has 0 radical (unpaired) electrons. The number of aryl methyl sites for hydroxylation is 1. The normalized spacial score (nSPS) is 11.2. The van der Waals surface area contributed by atoms with Crippen LogP contribution in [0.15, 0.2) is 54.7 Å². The minimum absolute atomic E-state index is 0.159. The Morgan fingerprint density at radius 2 is 2.04 bits per heavy atom. The van der Waals surface area contributed by atoms with Gasteiger partial charge in [0.05, 0.1) is 12.2 Å². The molecule has 1 N–H and O–H groups in total. The van der Waals surface area contributed by atoms with Crippen LogP contribution in [0.3, 0.4) is 0 Å². The number of halogens is 1. The van der Waals surface area contributed by atoms with Gasteiger partial charge in [-0.05, 0) is 42.8 Å². The van der Waals surface area contributed by atoms with Gasteiger partial charge in [0.1, 0.15) is 5.65 Å².